The summed E-state index contributed by atoms with van der Waals surface area (Å²) in [5.74, 6) is 1.75. The molecule has 3 rings (SSSR count). The van der Waals surface area contributed by atoms with Gasteiger partial charge in [-0.25, -0.2) is 0 Å². The number of carboxylic acid groups (broad SMARTS) is 1. The van der Waals surface area contributed by atoms with Gasteiger partial charge in [0.2, 0.25) is 0 Å². The Bertz CT molecular complexity index is 633. The predicted octanol–water partition coefficient (Wildman–Crippen LogP) is 2.64. The number of anilines is 1. The lowest BCUT2D eigenvalue weighted by Crippen LogP contribution is -2.36. The first kappa shape index (κ1) is 21.2. The van der Waals surface area contributed by atoms with Gasteiger partial charge in [0.15, 0.2) is 0 Å². The number of amides is 1. The van der Waals surface area contributed by atoms with Crippen molar-refractivity contribution in [3.63, 3.8) is 0 Å². The van der Waals surface area contributed by atoms with E-state index in [0.29, 0.717) is 6.04 Å². The number of hydrogen-bond acceptors (Lipinski definition) is 4. The van der Waals surface area contributed by atoms with Crippen molar-refractivity contribution in [2.45, 2.75) is 37.8 Å². The molecule has 6 nitrogen and oxygen atoms in total. The average molecular weight is 376 g/mol. The minimum Gasteiger partial charge on any atom is -0.483 e. The summed E-state index contributed by atoms with van der Waals surface area (Å²) in [5, 5.41) is 6.89. The van der Waals surface area contributed by atoms with E-state index in [1.807, 2.05) is 55.2 Å². The quantitative estimate of drug-likeness (QED) is 0.820. The van der Waals surface area contributed by atoms with Crippen molar-refractivity contribution in [1.82, 2.24) is 9.80 Å². The summed E-state index contributed by atoms with van der Waals surface area (Å²) >= 11 is 0. The second-order valence-electron chi connectivity index (χ2n) is 8.20. The van der Waals surface area contributed by atoms with E-state index in [1.54, 1.807) is 0 Å². The highest BCUT2D eigenvalue weighted by molar-refractivity contribution is 5.95. The highest BCUT2D eigenvalue weighted by Crippen LogP contribution is 2.46. The minimum absolute atomic E-state index is 0.160. The molecule has 2 fully saturated rings. The predicted molar refractivity (Wildman–Crippen MR) is 108 cm³/mol. The molecular weight excluding hydrogens is 342 g/mol. The van der Waals surface area contributed by atoms with E-state index in [0.717, 1.165) is 29.1 Å². The molecule has 2 aliphatic carbocycles. The molecule has 0 saturated heterocycles. The normalized spacial score (nSPS) is 26.1. The minimum atomic E-state index is -0.250. The highest BCUT2D eigenvalue weighted by atomic mass is 16.3. The first-order valence-electron chi connectivity index (χ1n) is 9.57. The Kier molecular flexibility index (Phi) is 7.25. The van der Waals surface area contributed by atoms with Crippen LogP contribution in [0, 0.1) is 11.8 Å². The maximum absolute atomic E-state index is 12.9. The number of rotatable bonds is 4. The largest absolute Gasteiger partial charge is 0.483 e. The van der Waals surface area contributed by atoms with Gasteiger partial charge in [0.1, 0.15) is 0 Å². The summed E-state index contributed by atoms with van der Waals surface area (Å²) in [4.78, 5) is 27.7. The number of hydrogen-bond donors (Lipinski definition) is 1. The van der Waals surface area contributed by atoms with Crippen LogP contribution in [0.5, 0.6) is 0 Å². The average Bonchev–Trinajstić information content (AvgIpc) is 3.20. The van der Waals surface area contributed by atoms with Crippen molar-refractivity contribution in [2.24, 2.45) is 11.8 Å². The summed E-state index contributed by atoms with van der Waals surface area (Å²) < 4.78 is 0. The van der Waals surface area contributed by atoms with Crippen LogP contribution in [0.2, 0.25) is 0 Å². The Morgan fingerprint density at radius 1 is 1.00 bits per heavy atom. The van der Waals surface area contributed by atoms with Crippen molar-refractivity contribution < 1.29 is 14.7 Å². The summed E-state index contributed by atoms with van der Waals surface area (Å²) in [6.07, 6.45) is 4.94. The van der Waals surface area contributed by atoms with Crippen LogP contribution in [0.15, 0.2) is 24.3 Å². The highest BCUT2D eigenvalue weighted by Gasteiger charge is 2.44. The van der Waals surface area contributed by atoms with Crippen LogP contribution in [0.1, 0.15) is 36.0 Å². The monoisotopic (exact) mass is 375 g/mol. The molecule has 0 aliphatic heterocycles. The smallest absolute Gasteiger partial charge is 0.290 e. The third-order valence-electron chi connectivity index (χ3n) is 6.17. The van der Waals surface area contributed by atoms with Crippen molar-refractivity contribution in [3.8, 4) is 0 Å². The summed E-state index contributed by atoms with van der Waals surface area (Å²) in [5.41, 5.74) is 1.87. The van der Waals surface area contributed by atoms with Crippen molar-refractivity contribution >= 4 is 18.1 Å². The van der Waals surface area contributed by atoms with Gasteiger partial charge in [0.05, 0.1) is 0 Å². The van der Waals surface area contributed by atoms with Gasteiger partial charge >= 0.3 is 0 Å². The van der Waals surface area contributed by atoms with E-state index in [4.69, 9.17) is 9.90 Å². The molecule has 4 atom stereocenters. The zero-order valence-corrected chi connectivity index (χ0v) is 17.1. The van der Waals surface area contributed by atoms with Crippen LogP contribution in [0.3, 0.4) is 0 Å². The molecule has 0 radical (unpaired) electrons. The second kappa shape index (κ2) is 9.22. The van der Waals surface area contributed by atoms with E-state index in [2.05, 4.69) is 19.0 Å². The lowest BCUT2D eigenvalue weighted by atomic mass is 10.0. The molecule has 27 heavy (non-hydrogen) atoms. The Hall–Kier alpha value is -2.08. The van der Waals surface area contributed by atoms with Gasteiger partial charge in [0, 0.05) is 44.5 Å². The van der Waals surface area contributed by atoms with Crippen LogP contribution in [-0.4, -0.2) is 74.6 Å². The Morgan fingerprint density at radius 2 is 1.52 bits per heavy atom. The SMILES string of the molecule is CN(C)c1cccc(C(=O)N(C)C2C[C@H]3CC(N(C)C)C[C@H]3C2)c1.O=CO. The topological polar surface area (TPSA) is 64.1 Å². The first-order valence-corrected chi connectivity index (χ1v) is 9.57. The Labute approximate surface area is 162 Å². The first-order chi connectivity index (χ1) is 12.8. The van der Waals surface area contributed by atoms with E-state index in [-0.39, 0.29) is 12.4 Å². The van der Waals surface area contributed by atoms with E-state index in [9.17, 15) is 4.79 Å². The van der Waals surface area contributed by atoms with Crippen molar-refractivity contribution in [3.05, 3.63) is 29.8 Å². The fourth-order valence-corrected chi connectivity index (χ4v) is 4.58. The molecule has 0 spiro atoms. The van der Waals surface area contributed by atoms with Crippen molar-refractivity contribution in [1.29, 1.82) is 0 Å². The zero-order chi connectivity index (χ0) is 20.1. The number of nitrogens with zero attached hydrogens (tertiary/aromatic N) is 3. The molecule has 1 amide bonds. The van der Waals surface area contributed by atoms with Crippen LogP contribution < -0.4 is 4.90 Å². The molecule has 1 N–H and O–H groups in total. The summed E-state index contributed by atoms with van der Waals surface area (Å²) in [6, 6.07) is 9.08. The van der Waals surface area contributed by atoms with Crippen LogP contribution in [0.25, 0.3) is 0 Å². The third-order valence-corrected chi connectivity index (χ3v) is 6.17. The molecule has 2 saturated carbocycles. The van der Waals surface area contributed by atoms with Gasteiger partial charge in [-0.3, -0.25) is 9.59 Å². The molecule has 2 unspecified atom stereocenters. The fraction of sp³-hybridized carbons (Fsp3) is 0.619. The lowest BCUT2D eigenvalue weighted by molar-refractivity contribution is -0.122. The number of carbonyl (C=O) groups is 2. The number of benzene rings is 1. The van der Waals surface area contributed by atoms with Crippen molar-refractivity contribution in [2.75, 3.05) is 40.1 Å². The Balaban J connectivity index is 0.000000817. The van der Waals surface area contributed by atoms with E-state index >= 15 is 0 Å². The molecule has 1 aromatic rings. The molecule has 150 valence electrons. The fourth-order valence-electron chi connectivity index (χ4n) is 4.58. The van der Waals surface area contributed by atoms with Gasteiger partial charge < -0.3 is 19.8 Å². The molecule has 0 bridgehead atoms. The third kappa shape index (κ3) is 5.01. The van der Waals surface area contributed by atoms with E-state index < -0.39 is 0 Å². The van der Waals surface area contributed by atoms with Gasteiger partial charge in [-0.2, -0.15) is 0 Å². The zero-order valence-electron chi connectivity index (χ0n) is 17.1. The summed E-state index contributed by atoms with van der Waals surface area (Å²) in [6.45, 7) is -0.250. The van der Waals surface area contributed by atoms with Gasteiger partial charge in [-0.1, -0.05) is 6.07 Å². The van der Waals surface area contributed by atoms with Crippen LogP contribution in [0.4, 0.5) is 5.69 Å². The lowest BCUT2D eigenvalue weighted by Gasteiger charge is -2.27. The van der Waals surface area contributed by atoms with Gasteiger partial charge in [0.25, 0.3) is 12.4 Å². The molecule has 1 aromatic carbocycles. The second-order valence-corrected chi connectivity index (χ2v) is 8.20. The van der Waals surface area contributed by atoms with Gasteiger partial charge in [-0.15, -0.1) is 0 Å². The summed E-state index contributed by atoms with van der Waals surface area (Å²) in [7, 11) is 10.4. The standard InChI is InChI=1S/C20H31N3O.CH2O2/c1-21(2)17-8-6-7-14(9-17)20(24)23(5)19-12-15-10-18(22(3)4)11-16(15)13-19;2-1-3/h6-9,15-16,18-19H,10-13H2,1-5H3;1H,(H,2,3)/t15-,16+,18?,19?;. The Morgan fingerprint density at radius 3 is 2.00 bits per heavy atom. The molecular formula is C21H33N3O3. The molecule has 0 aromatic heterocycles. The molecule has 0 heterocycles. The maximum Gasteiger partial charge on any atom is 0.290 e. The molecule has 6 heteroatoms. The van der Waals surface area contributed by atoms with Gasteiger partial charge in [-0.05, 0) is 69.8 Å². The number of carbonyl (C=O) groups excluding carboxylic acids is 1. The van der Waals surface area contributed by atoms with Crippen LogP contribution >= 0.6 is 0 Å². The van der Waals surface area contributed by atoms with E-state index in [1.165, 1.54) is 25.7 Å². The number of fused-ring (bicyclic) bond motifs is 1. The maximum atomic E-state index is 12.9. The molecule has 2 aliphatic rings. The van der Waals surface area contributed by atoms with Crippen LogP contribution in [-0.2, 0) is 4.79 Å².